The van der Waals surface area contributed by atoms with E-state index in [-0.39, 0.29) is 0 Å². The smallest absolute Gasteiger partial charge is 0.0998 e. The third kappa shape index (κ3) is 3.77. The van der Waals surface area contributed by atoms with E-state index >= 15 is 0 Å². The van der Waals surface area contributed by atoms with Crippen molar-refractivity contribution in [3.05, 3.63) is 86.6 Å². The quantitative estimate of drug-likeness (QED) is 0.428. The van der Waals surface area contributed by atoms with Gasteiger partial charge in [0.2, 0.25) is 0 Å². The van der Waals surface area contributed by atoms with Gasteiger partial charge in [-0.3, -0.25) is 0 Å². The van der Waals surface area contributed by atoms with E-state index in [0.29, 0.717) is 5.57 Å². The molecule has 0 aliphatic heterocycles. The molecule has 0 aliphatic carbocycles. The maximum Gasteiger partial charge on any atom is 0.0998 e. The highest BCUT2D eigenvalue weighted by atomic mass is 79.9. The van der Waals surface area contributed by atoms with E-state index in [1.807, 2.05) is 30.3 Å². The second-order valence-corrected chi connectivity index (χ2v) is 7.69. The summed E-state index contributed by atoms with van der Waals surface area (Å²) >= 11 is 3.49. The summed E-state index contributed by atoms with van der Waals surface area (Å²) in [6.07, 6.45) is 2.98. The average molecular weight is 419 g/mol. The van der Waals surface area contributed by atoms with E-state index in [0.717, 1.165) is 27.7 Å². The Labute approximate surface area is 169 Å². The molecule has 0 fully saturated rings. The van der Waals surface area contributed by atoms with Crippen molar-refractivity contribution in [3.63, 3.8) is 0 Å². The van der Waals surface area contributed by atoms with Gasteiger partial charge in [0.15, 0.2) is 0 Å². The summed E-state index contributed by atoms with van der Waals surface area (Å²) in [6.45, 7) is 8.60. The first-order valence-electron chi connectivity index (χ1n) is 9.11. The van der Waals surface area contributed by atoms with E-state index in [1.165, 1.54) is 22.5 Å². The molecular weight excluding hydrogens is 396 g/mol. The van der Waals surface area contributed by atoms with Crippen molar-refractivity contribution in [2.75, 3.05) is 0 Å². The lowest BCUT2D eigenvalue weighted by Gasteiger charge is -2.17. The molecule has 2 aromatic carbocycles. The molecule has 0 N–H and O–H groups in total. The largest absolute Gasteiger partial charge is 0.317 e. The lowest BCUT2D eigenvalue weighted by Crippen LogP contribution is -2.05. The van der Waals surface area contributed by atoms with Gasteiger partial charge in [-0.15, -0.1) is 0 Å². The van der Waals surface area contributed by atoms with Crippen molar-refractivity contribution in [3.8, 4) is 11.8 Å². The second kappa shape index (κ2) is 7.98. The van der Waals surface area contributed by atoms with Gasteiger partial charge >= 0.3 is 0 Å². The van der Waals surface area contributed by atoms with Crippen LogP contribution in [0.4, 0.5) is 0 Å². The Morgan fingerprint density at radius 2 is 1.85 bits per heavy atom. The predicted molar refractivity (Wildman–Crippen MR) is 117 cm³/mol. The minimum Gasteiger partial charge on any atom is -0.317 e. The van der Waals surface area contributed by atoms with Crippen molar-refractivity contribution in [2.45, 2.75) is 34.1 Å². The predicted octanol–water partition coefficient (Wildman–Crippen LogP) is 6.79. The summed E-state index contributed by atoms with van der Waals surface area (Å²) in [5, 5.41) is 9.70. The molecule has 0 atom stereocenters. The Morgan fingerprint density at radius 3 is 2.52 bits per heavy atom. The number of halogens is 1. The van der Waals surface area contributed by atoms with Crippen LogP contribution < -0.4 is 0 Å². The Balaban J connectivity index is 2.16. The fourth-order valence-electron chi connectivity index (χ4n) is 3.59. The van der Waals surface area contributed by atoms with Gasteiger partial charge in [0.25, 0.3) is 0 Å². The van der Waals surface area contributed by atoms with E-state index in [9.17, 15) is 5.26 Å². The number of allylic oxidation sites excluding steroid dienone is 1. The minimum atomic E-state index is 0.664. The van der Waals surface area contributed by atoms with Gasteiger partial charge in [-0.25, -0.2) is 0 Å². The number of nitriles is 1. The van der Waals surface area contributed by atoms with Gasteiger partial charge < -0.3 is 4.57 Å². The zero-order valence-corrected chi connectivity index (χ0v) is 17.8. The van der Waals surface area contributed by atoms with Gasteiger partial charge in [-0.1, -0.05) is 53.2 Å². The molecule has 0 radical (unpaired) electrons. The minimum absolute atomic E-state index is 0.664. The van der Waals surface area contributed by atoms with Gasteiger partial charge in [0.05, 0.1) is 17.3 Å². The lowest BCUT2D eigenvalue weighted by molar-refractivity contribution is 0.925. The zero-order valence-electron chi connectivity index (χ0n) is 16.2. The van der Waals surface area contributed by atoms with Gasteiger partial charge in [0, 0.05) is 15.9 Å². The Morgan fingerprint density at radius 1 is 1.11 bits per heavy atom. The molecule has 0 unspecified atom stereocenters. The average Bonchev–Trinajstić information content (AvgIpc) is 2.92. The van der Waals surface area contributed by atoms with Crippen molar-refractivity contribution in [1.82, 2.24) is 4.57 Å². The van der Waals surface area contributed by atoms with Crippen LogP contribution in [0.5, 0.6) is 0 Å². The molecule has 27 heavy (non-hydrogen) atoms. The number of para-hydroxylation sites is 1. The molecule has 2 nitrogen and oxygen atoms in total. The van der Waals surface area contributed by atoms with Crippen LogP contribution in [-0.4, -0.2) is 4.57 Å². The van der Waals surface area contributed by atoms with Crippen LogP contribution in [0.15, 0.2) is 53.0 Å². The summed E-state index contributed by atoms with van der Waals surface area (Å²) < 4.78 is 3.29. The lowest BCUT2D eigenvalue weighted by atomic mass is 10.0. The number of benzene rings is 2. The van der Waals surface area contributed by atoms with Crippen molar-refractivity contribution >= 4 is 27.6 Å². The Hall–Kier alpha value is -2.57. The third-order valence-corrected chi connectivity index (χ3v) is 5.45. The van der Waals surface area contributed by atoms with E-state index in [2.05, 4.69) is 78.5 Å². The summed E-state index contributed by atoms with van der Waals surface area (Å²) in [7, 11) is 0. The molecule has 3 aromatic rings. The van der Waals surface area contributed by atoms with Crippen LogP contribution in [0.3, 0.4) is 0 Å². The van der Waals surface area contributed by atoms with Crippen molar-refractivity contribution < 1.29 is 0 Å². The number of aromatic nitrogens is 1. The molecule has 0 bridgehead atoms. The molecule has 0 saturated carbocycles. The first-order chi connectivity index (χ1) is 13.0. The first kappa shape index (κ1) is 19.2. The number of hydrogen-bond acceptors (Lipinski definition) is 1. The highest BCUT2D eigenvalue weighted by molar-refractivity contribution is 9.10. The summed E-state index contributed by atoms with van der Waals surface area (Å²) in [4.78, 5) is 0. The van der Waals surface area contributed by atoms with E-state index in [4.69, 9.17) is 0 Å². The maximum atomic E-state index is 9.70. The number of nitrogens with zero attached hydrogens (tertiary/aromatic N) is 2. The number of rotatable bonds is 4. The van der Waals surface area contributed by atoms with Crippen LogP contribution in [0.2, 0.25) is 0 Å². The highest BCUT2D eigenvalue weighted by Crippen LogP contribution is 2.29. The molecule has 0 spiro atoms. The van der Waals surface area contributed by atoms with Gasteiger partial charge in [-0.2, -0.15) is 5.26 Å². The third-order valence-electron chi connectivity index (χ3n) is 4.95. The molecule has 0 aliphatic rings. The van der Waals surface area contributed by atoms with E-state index < -0.39 is 0 Å². The molecule has 3 rings (SSSR count). The van der Waals surface area contributed by atoms with Crippen LogP contribution in [0, 0.1) is 32.1 Å². The second-order valence-electron chi connectivity index (χ2n) is 6.78. The standard InChI is InChI=1S/C24H23BrN2/c1-5-19-9-6-8-16(2)24(19)27-17(3)12-21(18(27)4)13-22(15-26)20-10-7-11-23(25)14-20/h6-14H,5H2,1-4H3/b22-13-. The fraction of sp³-hybridized carbons (Fsp3) is 0.208. The molecular formula is C24H23BrN2. The van der Waals surface area contributed by atoms with E-state index in [1.54, 1.807) is 0 Å². The number of hydrogen-bond donors (Lipinski definition) is 0. The monoisotopic (exact) mass is 418 g/mol. The molecule has 0 saturated heterocycles. The first-order valence-corrected chi connectivity index (χ1v) is 9.91. The Kier molecular flexibility index (Phi) is 5.68. The SMILES string of the molecule is CCc1cccc(C)c1-n1c(C)cc(/C=C(/C#N)c2cccc(Br)c2)c1C. The van der Waals surface area contributed by atoms with Gasteiger partial charge in [0.1, 0.15) is 0 Å². The van der Waals surface area contributed by atoms with Gasteiger partial charge in [-0.05, 0) is 73.7 Å². The summed E-state index contributed by atoms with van der Waals surface area (Å²) in [6, 6.07) is 18.9. The summed E-state index contributed by atoms with van der Waals surface area (Å²) in [5.41, 5.74) is 8.84. The molecule has 1 heterocycles. The normalized spacial score (nSPS) is 11.5. The van der Waals surface area contributed by atoms with Crippen LogP contribution in [-0.2, 0) is 6.42 Å². The summed E-state index contributed by atoms with van der Waals surface area (Å²) in [5.74, 6) is 0. The van der Waals surface area contributed by atoms with Crippen molar-refractivity contribution in [2.24, 2.45) is 0 Å². The van der Waals surface area contributed by atoms with Crippen LogP contribution >= 0.6 is 15.9 Å². The maximum absolute atomic E-state index is 9.70. The fourth-order valence-corrected chi connectivity index (χ4v) is 3.99. The highest BCUT2D eigenvalue weighted by Gasteiger charge is 2.15. The Bertz CT molecular complexity index is 1060. The van der Waals surface area contributed by atoms with Crippen LogP contribution in [0.25, 0.3) is 17.3 Å². The van der Waals surface area contributed by atoms with Crippen LogP contribution in [0.1, 0.15) is 40.6 Å². The molecule has 136 valence electrons. The topological polar surface area (TPSA) is 28.7 Å². The molecule has 0 amide bonds. The zero-order chi connectivity index (χ0) is 19.6. The molecule has 1 aromatic heterocycles. The molecule has 3 heteroatoms. The number of aryl methyl sites for hydroxylation is 3. The van der Waals surface area contributed by atoms with Crippen molar-refractivity contribution in [1.29, 1.82) is 5.26 Å².